The lowest BCUT2D eigenvalue weighted by Gasteiger charge is -2.13. The molecule has 76 valence electrons. The molecule has 0 aliphatic carbocycles. The summed E-state index contributed by atoms with van der Waals surface area (Å²) in [4.78, 5) is 0. The summed E-state index contributed by atoms with van der Waals surface area (Å²) < 4.78 is 0. The first kappa shape index (κ1) is 10.2. The third kappa shape index (κ3) is 2.32. The molecule has 4 heteroatoms. The molecular formula is C10H16N4. The van der Waals surface area contributed by atoms with Gasteiger partial charge in [-0.2, -0.15) is 0 Å². The quantitative estimate of drug-likeness (QED) is 0.577. The maximum Gasteiger partial charge on any atom is 0.119 e. The van der Waals surface area contributed by atoms with E-state index in [-0.39, 0.29) is 0 Å². The van der Waals surface area contributed by atoms with Crippen molar-refractivity contribution < 1.29 is 0 Å². The third-order valence-electron chi connectivity index (χ3n) is 1.90. The van der Waals surface area contributed by atoms with Gasteiger partial charge in [0.2, 0.25) is 0 Å². The van der Waals surface area contributed by atoms with Gasteiger partial charge in [0, 0.05) is 20.3 Å². The number of para-hydroxylation sites is 2. The summed E-state index contributed by atoms with van der Waals surface area (Å²) in [7, 11) is 3.69. The summed E-state index contributed by atoms with van der Waals surface area (Å²) >= 11 is 0. The molecule has 0 aliphatic heterocycles. The first-order valence-corrected chi connectivity index (χ1v) is 4.45. The summed E-state index contributed by atoms with van der Waals surface area (Å²) in [5.74, 6) is 0.771. The first-order chi connectivity index (χ1) is 6.81. The second-order valence-corrected chi connectivity index (χ2v) is 2.75. The molecule has 0 spiro atoms. The Morgan fingerprint density at radius 2 is 1.86 bits per heavy atom. The standard InChI is InChI=1S/C10H16N4/c1-12-8-5-3-4-6-9(8)14-10(7-11)13-2/h3-7,12-14H,11H2,1-2H3/b10-7+. The van der Waals surface area contributed by atoms with Crippen LogP contribution in [0.25, 0.3) is 0 Å². The van der Waals surface area contributed by atoms with Crippen molar-refractivity contribution in [3.63, 3.8) is 0 Å². The molecule has 0 heterocycles. The molecule has 0 bridgehead atoms. The van der Waals surface area contributed by atoms with Crippen LogP contribution in [0.15, 0.2) is 36.3 Å². The second-order valence-electron chi connectivity index (χ2n) is 2.75. The molecule has 5 N–H and O–H groups in total. The molecule has 1 aromatic rings. The van der Waals surface area contributed by atoms with Crippen LogP contribution in [0.3, 0.4) is 0 Å². The van der Waals surface area contributed by atoms with E-state index in [2.05, 4.69) is 16.0 Å². The summed E-state index contributed by atoms with van der Waals surface area (Å²) in [5, 5.41) is 9.20. The minimum atomic E-state index is 0.771. The normalized spacial score (nSPS) is 10.9. The summed E-state index contributed by atoms with van der Waals surface area (Å²) in [5.41, 5.74) is 7.43. The Labute approximate surface area is 84.2 Å². The van der Waals surface area contributed by atoms with Crippen molar-refractivity contribution in [1.82, 2.24) is 5.32 Å². The Morgan fingerprint density at radius 3 is 2.36 bits per heavy atom. The average molecular weight is 192 g/mol. The highest BCUT2D eigenvalue weighted by atomic mass is 15.1. The molecule has 0 fully saturated rings. The fraction of sp³-hybridized carbons (Fsp3) is 0.200. The molecule has 0 atom stereocenters. The van der Waals surface area contributed by atoms with Gasteiger partial charge in [0.05, 0.1) is 11.4 Å². The van der Waals surface area contributed by atoms with Crippen LogP contribution in [-0.4, -0.2) is 14.1 Å². The number of nitrogens with two attached hydrogens (primary N) is 1. The topological polar surface area (TPSA) is 62.1 Å². The van der Waals surface area contributed by atoms with Gasteiger partial charge >= 0.3 is 0 Å². The van der Waals surface area contributed by atoms with Gasteiger partial charge in [0.1, 0.15) is 5.82 Å². The van der Waals surface area contributed by atoms with Crippen LogP contribution in [0.5, 0.6) is 0 Å². The number of benzene rings is 1. The monoisotopic (exact) mass is 192 g/mol. The van der Waals surface area contributed by atoms with Crippen LogP contribution in [0.1, 0.15) is 0 Å². The van der Waals surface area contributed by atoms with E-state index in [1.807, 2.05) is 38.4 Å². The van der Waals surface area contributed by atoms with Gasteiger partial charge in [-0.25, -0.2) is 0 Å². The molecule has 0 saturated heterocycles. The average Bonchev–Trinajstić information content (AvgIpc) is 2.26. The van der Waals surface area contributed by atoms with Crippen molar-refractivity contribution in [2.24, 2.45) is 5.73 Å². The Balaban J connectivity index is 2.85. The van der Waals surface area contributed by atoms with Crippen molar-refractivity contribution >= 4 is 11.4 Å². The molecule has 0 saturated carbocycles. The van der Waals surface area contributed by atoms with E-state index in [9.17, 15) is 0 Å². The highest BCUT2D eigenvalue weighted by Gasteiger charge is 1.99. The third-order valence-corrected chi connectivity index (χ3v) is 1.90. The molecule has 0 amide bonds. The van der Waals surface area contributed by atoms with Crippen molar-refractivity contribution in [2.45, 2.75) is 0 Å². The fourth-order valence-electron chi connectivity index (χ4n) is 1.14. The summed E-state index contributed by atoms with van der Waals surface area (Å²) in [6.45, 7) is 0. The molecule has 0 radical (unpaired) electrons. The van der Waals surface area contributed by atoms with Crippen LogP contribution in [0.2, 0.25) is 0 Å². The zero-order valence-electron chi connectivity index (χ0n) is 8.46. The smallest absolute Gasteiger partial charge is 0.119 e. The van der Waals surface area contributed by atoms with Gasteiger partial charge in [0.25, 0.3) is 0 Å². The summed E-state index contributed by atoms with van der Waals surface area (Å²) in [6.07, 6.45) is 1.49. The number of anilines is 2. The molecule has 14 heavy (non-hydrogen) atoms. The summed E-state index contributed by atoms with van der Waals surface area (Å²) in [6, 6.07) is 7.91. The maximum absolute atomic E-state index is 5.42. The lowest BCUT2D eigenvalue weighted by Crippen LogP contribution is -2.16. The van der Waals surface area contributed by atoms with Gasteiger partial charge in [-0.3, -0.25) is 0 Å². The van der Waals surface area contributed by atoms with Crippen LogP contribution >= 0.6 is 0 Å². The van der Waals surface area contributed by atoms with E-state index >= 15 is 0 Å². The highest BCUT2D eigenvalue weighted by Crippen LogP contribution is 2.20. The molecule has 1 rings (SSSR count). The van der Waals surface area contributed by atoms with Crippen molar-refractivity contribution in [3.05, 3.63) is 36.3 Å². The van der Waals surface area contributed by atoms with Gasteiger partial charge in [-0.15, -0.1) is 0 Å². The number of nitrogens with one attached hydrogen (secondary N) is 3. The maximum atomic E-state index is 5.42. The predicted octanol–water partition coefficient (Wildman–Crippen LogP) is 1.12. The van der Waals surface area contributed by atoms with Gasteiger partial charge in [0.15, 0.2) is 0 Å². The molecule has 0 aromatic heterocycles. The van der Waals surface area contributed by atoms with E-state index in [1.165, 1.54) is 6.20 Å². The second kappa shape index (κ2) is 5.01. The predicted molar refractivity (Wildman–Crippen MR) is 60.9 cm³/mol. The molecule has 1 aromatic carbocycles. The van der Waals surface area contributed by atoms with Gasteiger partial charge in [-0.1, -0.05) is 12.1 Å². The van der Waals surface area contributed by atoms with E-state index in [4.69, 9.17) is 5.73 Å². The molecule has 0 unspecified atom stereocenters. The van der Waals surface area contributed by atoms with E-state index in [1.54, 1.807) is 0 Å². The SMILES string of the molecule is CN/C(=C\N)Nc1ccccc1NC. The molecular weight excluding hydrogens is 176 g/mol. The zero-order valence-corrected chi connectivity index (χ0v) is 8.46. The Morgan fingerprint density at radius 1 is 1.21 bits per heavy atom. The van der Waals surface area contributed by atoms with Crippen LogP contribution in [0, 0.1) is 0 Å². The lowest BCUT2D eigenvalue weighted by atomic mass is 10.2. The Kier molecular flexibility index (Phi) is 3.67. The van der Waals surface area contributed by atoms with Gasteiger partial charge < -0.3 is 21.7 Å². The Bertz CT molecular complexity index is 320. The van der Waals surface area contributed by atoms with Crippen molar-refractivity contribution in [3.8, 4) is 0 Å². The van der Waals surface area contributed by atoms with E-state index in [0.29, 0.717) is 0 Å². The van der Waals surface area contributed by atoms with Crippen LogP contribution in [-0.2, 0) is 0 Å². The number of rotatable bonds is 4. The van der Waals surface area contributed by atoms with Crippen molar-refractivity contribution in [1.29, 1.82) is 0 Å². The Hall–Kier alpha value is -1.84. The minimum Gasteiger partial charge on any atom is -0.402 e. The van der Waals surface area contributed by atoms with Crippen LogP contribution < -0.4 is 21.7 Å². The number of hydrogen-bond acceptors (Lipinski definition) is 4. The van der Waals surface area contributed by atoms with Gasteiger partial charge in [-0.05, 0) is 12.1 Å². The highest BCUT2D eigenvalue weighted by molar-refractivity contribution is 5.69. The lowest BCUT2D eigenvalue weighted by molar-refractivity contribution is 0.988. The van der Waals surface area contributed by atoms with Crippen LogP contribution in [0.4, 0.5) is 11.4 Å². The zero-order chi connectivity index (χ0) is 10.4. The fourth-order valence-corrected chi connectivity index (χ4v) is 1.14. The van der Waals surface area contributed by atoms with Crippen molar-refractivity contribution in [2.75, 3.05) is 24.7 Å². The largest absolute Gasteiger partial charge is 0.402 e. The number of hydrogen-bond donors (Lipinski definition) is 4. The van der Waals surface area contributed by atoms with E-state index < -0.39 is 0 Å². The van der Waals surface area contributed by atoms with E-state index in [0.717, 1.165) is 17.2 Å². The first-order valence-electron chi connectivity index (χ1n) is 4.45. The molecule has 4 nitrogen and oxygen atoms in total. The minimum absolute atomic E-state index is 0.771. The molecule has 0 aliphatic rings.